The first-order chi connectivity index (χ1) is 12.2. The number of carbonyl (C=O) groups excluding carboxylic acids is 1. The molecule has 25 heavy (non-hydrogen) atoms. The summed E-state index contributed by atoms with van der Waals surface area (Å²) in [6.45, 7) is 1.88. The topological polar surface area (TPSA) is 67.2 Å². The normalized spacial score (nSPS) is 11.9. The van der Waals surface area contributed by atoms with E-state index in [9.17, 15) is 9.90 Å². The van der Waals surface area contributed by atoms with Crippen molar-refractivity contribution < 1.29 is 9.90 Å². The van der Waals surface area contributed by atoms with Crippen LogP contribution in [0.4, 0.5) is 0 Å². The molecule has 3 aromatic rings. The zero-order valence-corrected chi connectivity index (χ0v) is 14.1. The van der Waals surface area contributed by atoms with E-state index >= 15 is 0 Å². The standard InChI is InChI=1S/C20H21N3O2/c1-15-18(14-21-23(15)17-10-6-3-7-11-17)20(25)22-19(12-13-24)16-8-4-2-5-9-16/h2-11,14,19,24H,12-13H2,1H3,(H,22,25). The number of aliphatic hydroxyl groups is 1. The van der Waals surface area contributed by atoms with Gasteiger partial charge in [-0.1, -0.05) is 48.5 Å². The predicted octanol–water partition coefficient (Wildman–Crippen LogP) is 3.03. The number of hydrogen-bond donors (Lipinski definition) is 2. The lowest BCUT2D eigenvalue weighted by Gasteiger charge is -2.18. The van der Waals surface area contributed by atoms with Gasteiger partial charge in [-0.3, -0.25) is 4.79 Å². The van der Waals surface area contributed by atoms with Crippen LogP contribution in [0, 0.1) is 6.92 Å². The van der Waals surface area contributed by atoms with Crippen LogP contribution in [0.2, 0.25) is 0 Å². The second-order valence-electron chi connectivity index (χ2n) is 5.84. The Hall–Kier alpha value is -2.92. The Morgan fingerprint density at radius 3 is 2.40 bits per heavy atom. The Balaban J connectivity index is 1.82. The number of para-hydroxylation sites is 1. The molecule has 128 valence electrons. The molecule has 5 heteroatoms. The first-order valence-corrected chi connectivity index (χ1v) is 8.27. The van der Waals surface area contributed by atoms with Crippen LogP contribution in [0.5, 0.6) is 0 Å². The van der Waals surface area contributed by atoms with Crippen LogP contribution in [-0.4, -0.2) is 27.4 Å². The van der Waals surface area contributed by atoms with E-state index in [1.54, 1.807) is 10.9 Å². The number of benzene rings is 2. The number of rotatable bonds is 6. The van der Waals surface area contributed by atoms with Crippen LogP contribution in [0.15, 0.2) is 66.9 Å². The molecule has 1 amide bonds. The highest BCUT2D eigenvalue weighted by molar-refractivity contribution is 5.95. The zero-order valence-electron chi connectivity index (χ0n) is 14.1. The lowest BCUT2D eigenvalue weighted by Crippen LogP contribution is -2.29. The maximum Gasteiger partial charge on any atom is 0.255 e. The summed E-state index contributed by atoms with van der Waals surface area (Å²) in [7, 11) is 0. The van der Waals surface area contributed by atoms with E-state index in [2.05, 4.69) is 10.4 Å². The molecule has 0 aliphatic heterocycles. The van der Waals surface area contributed by atoms with Gasteiger partial charge < -0.3 is 10.4 Å². The van der Waals surface area contributed by atoms with E-state index in [1.165, 1.54) is 0 Å². The molecule has 2 aromatic carbocycles. The smallest absolute Gasteiger partial charge is 0.255 e. The average molecular weight is 335 g/mol. The molecule has 1 heterocycles. The van der Waals surface area contributed by atoms with Crippen LogP contribution in [-0.2, 0) is 0 Å². The van der Waals surface area contributed by atoms with Gasteiger partial charge in [0, 0.05) is 6.61 Å². The molecule has 0 aliphatic rings. The largest absolute Gasteiger partial charge is 0.396 e. The Labute approximate surface area is 146 Å². The van der Waals surface area contributed by atoms with Crippen molar-refractivity contribution in [2.75, 3.05) is 6.61 Å². The van der Waals surface area contributed by atoms with Crippen LogP contribution in [0.3, 0.4) is 0 Å². The molecule has 5 nitrogen and oxygen atoms in total. The quantitative estimate of drug-likeness (QED) is 0.727. The number of nitrogens with one attached hydrogen (secondary N) is 1. The first kappa shape index (κ1) is 16.9. The van der Waals surface area contributed by atoms with Gasteiger partial charge in [-0.25, -0.2) is 4.68 Å². The molecule has 0 fully saturated rings. The monoisotopic (exact) mass is 335 g/mol. The van der Waals surface area contributed by atoms with Gasteiger partial charge >= 0.3 is 0 Å². The van der Waals surface area contributed by atoms with Crippen molar-refractivity contribution in [1.82, 2.24) is 15.1 Å². The SMILES string of the molecule is Cc1c(C(=O)NC(CCO)c2ccccc2)cnn1-c1ccccc1. The van der Waals surface area contributed by atoms with Gasteiger partial charge in [0.05, 0.1) is 29.2 Å². The van der Waals surface area contributed by atoms with Crippen LogP contribution in [0.25, 0.3) is 5.69 Å². The van der Waals surface area contributed by atoms with Gasteiger partial charge in [-0.2, -0.15) is 5.10 Å². The maximum atomic E-state index is 12.7. The molecule has 1 unspecified atom stereocenters. The van der Waals surface area contributed by atoms with Crippen molar-refractivity contribution in [3.05, 3.63) is 83.7 Å². The molecule has 0 saturated heterocycles. The second-order valence-corrected chi connectivity index (χ2v) is 5.84. The summed E-state index contributed by atoms with van der Waals surface area (Å²) in [6.07, 6.45) is 2.04. The molecule has 1 atom stereocenters. The number of hydrogen-bond acceptors (Lipinski definition) is 3. The van der Waals surface area contributed by atoms with Crippen molar-refractivity contribution in [3.8, 4) is 5.69 Å². The Morgan fingerprint density at radius 2 is 1.76 bits per heavy atom. The van der Waals surface area contributed by atoms with Gasteiger partial charge in [-0.05, 0) is 31.0 Å². The molecular formula is C20H21N3O2. The van der Waals surface area contributed by atoms with Gasteiger partial charge in [0.25, 0.3) is 5.91 Å². The predicted molar refractivity (Wildman–Crippen MR) is 96.7 cm³/mol. The molecule has 0 aliphatic carbocycles. The summed E-state index contributed by atoms with van der Waals surface area (Å²) < 4.78 is 1.75. The van der Waals surface area contributed by atoms with Crippen LogP contribution >= 0.6 is 0 Å². The van der Waals surface area contributed by atoms with E-state index in [4.69, 9.17) is 0 Å². The third-order valence-electron chi connectivity index (χ3n) is 4.18. The number of nitrogens with zero attached hydrogens (tertiary/aromatic N) is 2. The van der Waals surface area contributed by atoms with Crippen molar-refractivity contribution in [1.29, 1.82) is 0 Å². The Kier molecular flexibility index (Phi) is 5.26. The van der Waals surface area contributed by atoms with E-state index in [1.807, 2.05) is 67.6 Å². The molecule has 3 rings (SSSR count). The fraction of sp³-hybridized carbons (Fsp3) is 0.200. The summed E-state index contributed by atoms with van der Waals surface area (Å²) in [5.74, 6) is -0.193. The minimum absolute atomic E-state index is 0.00208. The minimum atomic E-state index is -0.238. The fourth-order valence-electron chi connectivity index (χ4n) is 2.83. The van der Waals surface area contributed by atoms with Gasteiger partial charge in [-0.15, -0.1) is 0 Å². The van der Waals surface area contributed by atoms with Crippen LogP contribution in [0.1, 0.15) is 34.1 Å². The lowest BCUT2D eigenvalue weighted by atomic mass is 10.0. The molecule has 0 bridgehead atoms. The van der Waals surface area contributed by atoms with Crippen molar-refractivity contribution in [2.24, 2.45) is 0 Å². The van der Waals surface area contributed by atoms with Gasteiger partial charge in [0.15, 0.2) is 0 Å². The molecule has 1 aromatic heterocycles. The van der Waals surface area contributed by atoms with Crippen molar-refractivity contribution >= 4 is 5.91 Å². The highest BCUT2D eigenvalue weighted by Crippen LogP contribution is 2.19. The second kappa shape index (κ2) is 7.77. The van der Waals surface area contributed by atoms with Gasteiger partial charge in [0.2, 0.25) is 0 Å². The molecule has 0 spiro atoms. The van der Waals surface area contributed by atoms with Crippen LogP contribution < -0.4 is 5.32 Å². The summed E-state index contributed by atoms with van der Waals surface area (Å²) in [6, 6.07) is 19.1. The molecule has 0 radical (unpaired) electrons. The summed E-state index contributed by atoms with van der Waals surface area (Å²) in [4.78, 5) is 12.7. The van der Waals surface area contributed by atoms with E-state index in [0.717, 1.165) is 16.9 Å². The van der Waals surface area contributed by atoms with E-state index < -0.39 is 0 Å². The lowest BCUT2D eigenvalue weighted by molar-refractivity contribution is 0.0929. The third-order valence-corrected chi connectivity index (χ3v) is 4.18. The first-order valence-electron chi connectivity index (χ1n) is 8.27. The molecule has 2 N–H and O–H groups in total. The Bertz CT molecular complexity index is 829. The summed E-state index contributed by atoms with van der Waals surface area (Å²) >= 11 is 0. The van der Waals surface area contributed by atoms with E-state index in [-0.39, 0.29) is 18.6 Å². The summed E-state index contributed by atoms with van der Waals surface area (Å²) in [5.41, 5.74) is 3.19. The minimum Gasteiger partial charge on any atom is -0.396 e. The third kappa shape index (κ3) is 3.78. The maximum absolute atomic E-state index is 12.7. The summed E-state index contributed by atoms with van der Waals surface area (Å²) in [5, 5.41) is 16.7. The number of carbonyl (C=O) groups is 1. The fourth-order valence-corrected chi connectivity index (χ4v) is 2.83. The van der Waals surface area contributed by atoms with Gasteiger partial charge in [0.1, 0.15) is 0 Å². The number of aliphatic hydroxyl groups excluding tert-OH is 1. The number of aromatic nitrogens is 2. The van der Waals surface area contributed by atoms with Crippen molar-refractivity contribution in [3.63, 3.8) is 0 Å². The highest BCUT2D eigenvalue weighted by atomic mass is 16.3. The van der Waals surface area contributed by atoms with E-state index in [0.29, 0.717) is 12.0 Å². The molecular weight excluding hydrogens is 314 g/mol. The average Bonchev–Trinajstić information content (AvgIpc) is 3.04. The Morgan fingerprint density at radius 1 is 1.12 bits per heavy atom. The zero-order chi connectivity index (χ0) is 17.6. The number of amides is 1. The highest BCUT2D eigenvalue weighted by Gasteiger charge is 2.19. The molecule has 0 saturated carbocycles. The van der Waals surface area contributed by atoms with Crippen molar-refractivity contribution in [2.45, 2.75) is 19.4 Å².